The summed E-state index contributed by atoms with van der Waals surface area (Å²) in [6.45, 7) is 3.86. The molecule has 0 nitrogen and oxygen atoms in total. The minimum absolute atomic E-state index is 1.06. The van der Waals surface area contributed by atoms with Crippen molar-refractivity contribution in [3.8, 4) is 0 Å². The van der Waals surface area contributed by atoms with Gasteiger partial charge in [-0.15, -0.1) is 0 Å². The topological polar surface area (TPSA) is 0 Å². The van der Waals surface area contributed by atoms with E-state index in [1.54, 1.807) is 11.8 Å². The summed E-state index contributed by atoms with van der Waals surface area (Å²) in [5.41, 5.74) is 1.06. The molecule has 14 heavy (non-hydrogen) atoms. The lowest BCUT2D eigenvalue weighted by atomic mass is 10.2. The SMILES string of the molecule is [CH2]c1ccc(Sc2ccccc2)cc1. The van der Waals surface area contributed by atoms with Crippen LogP contribution in [0.25, 0.3) is 0 Å². The van der Waals surface area contributed by atoms with Crippen LogP contribution < -0.4 is 0 Å². The third-order valence-corrected chi connectivity index (χ3v) is 2.92. The monoisotopic (exact) mass is 199 g/mol. The molecule has 0 N–H and O–H groups in total. The molecule has 0 saturated carbocycles. The van der Waals surface area contributed by atoms with E-state index in [9.17, 15) is 0 Å². The molecular formula is C13H11S. The first-order valence-corrected chi connectivity index (χ1v) is 5.31. The zero-order valence-electron chi connectivity index (χ0n) is 7.81. The summed E-state index contributed by atoms with van der Waals surface area (Å²) in [4.78, 5) is 2.52. The molecular weight excluding hydrogens is 188 g/mol. The van der Waals surface area contributed by atoms with Crippen LogP contribution >= 0.6 is 11.8 Å². The fourth-order valence-electron chi connectivity index (χ4n) is 1.18. The number of hydrogen-bond acceptors (Lipinski definition) is 1. The van der Waals surface area contributed by atoms with Gasteiger partial charge in [0.05, 0.1) is 0 Å². The minimum atomic E-state index is 1.06. The van der Waals surface area contributed by atoms with Gasteiger partial charge in [-0.3, -0.25) is 0 Å². The van der Waals surface area contributed by atoms with Crippen molar-refractivity contribution in [1.82, 2.24) is 0 Å². The quantitative estimate of drug-likeness (QED) is 0.704. The van der Waals surface area contributed by atoms with Crippen LogP contribution in [0.15, 0.2) is 64.4 Å². The Bertz CT molecular complexity index is 389. The van der Waals surface area contributed by atoms with Gasteiger partial charge in [0.25, 0.3) is 0 Å². The second-order valence-electron chi connectivity index (χ2n) is 3.06. The molecule has 0 aliphatic rings. The molecule has 2 aromatic carbocycles. The summed E-state index contributed by atoms with van der Waals surface area (Å²) < 4.78 is 0. The summed E-state index contributed by atoms with van der Waals surface area (Å²) in [6, 6.07) is 18.6. The Hall–Kier alpha value is -1.21. The predicted octanol–water partition coefficient (Wildman–Crippen LogP) is 4.02. The smallest absolute Gasteiger partial charge is 0.0122 e. The van der Waals surface area contributed by atoms with Crippen LogP contribution in [0, 0.1) is 6.92 Å². The fourth-order valence-corrected chi connectivity index (χ4v) is 2.02. The molecule has 0 unspecified atom stereocenters. The van der Waals surface area contributed by atoms with E-state index in [-0.39, 0.29) is 0 Å². The van der Waals surface area contributed by atoms with Gasteiger partial charge in [-0.1, -0.05) is 42.1 Å². The van der Waals surface area contributed by atoms with Gasteiger partial charge in [-0.2, -0.15) is 0 Å². The van der Waals surface area contributed by atoms with E-state index in [1.807, 2.05) is 18.2 Å². The number of benzene rings is 2. The van der Waals surface area contributed by atoms with Gasteiger partial charge in [-0.25, -0.2) is 0 Å². The second kappa shape index (κ2) is 4.34. The molecule has 0 saturated heterocycles. The molecule has 0 aliphatic heterocycles. The first-order chi connectivity index (χ1) is 6.84. The van der Waals surface area contributed by atoms with Gasteiger partial charge in [0.1, 0.15) is 0 Å². The van der Waals surface area contributed by atoms with E-state index in [0.717, 1.165) is 5.56 Å². The number of rotatable bonds is 2. The third kappa shape index (κ3) is 2.39. The van der Waals surface area contributed by atoms with Gasteiger partial charge in [0, 0.05) is 9.79 Å². The minimum Gasteiger partial charge on any atom is -0.0901 e. The lowest BCUT2D eigenvalue weighted by molar-refractivity contribution is 1.39. The van der Waals surface area contributed by atoms with Crippen LogP contribution in [0.1, 0.15) is 5.56 Å². The standard InChI is InChI=1S/C13H11S/c1-11-7-9-13(10-8-11)14-12-5-3-2-4-6-12/h2-10H,1H2. The molecule has 0 aromatic heterocycles. The van der Waals surface area contributed by atoms with Crippen molar-refractivity contribution in [1.29, 1.82) is 0 Å². The first-order valence-electron chi connectivity index (χ1n) is 4.49. The van der Waals surface area contributed by atoms with Crippen molar-refractivity contribution in [2.45, 2.75) is 9.79 Å². The summed E-state index contributed by atoms with van der Waals surface area (Å²) in [6.07, 6.45) is 0. The van der Waals surface area contributed by atoms with Crippen LogP contribution in [0.5, 0.6) is 0 Å². The maximum absolute atomic E-state index is 3.86. The van der Waals surface area contributed by atoms with Crippen LogP contribution in [-0.2, 0) is 0 Å². The molecule has 69 valence electrons. The predicted molar refractivity (Wildman–Crippen MR) is 61.5 cm³/mol. The highest BCUT2D eigenvalue weighted by Crippen LogP contribution is 2.26. The highest BCUT2D eigenvalue weighted by atomic mass is 32.2. The normalized spacial score (nSPS) is 10.1. The van der Waals surface area contributed by atoms with E-state index in [0.29, 0.717) is 0 Å². The first kappa shape index (κ1) is 9.35. The third-order valence-electron chi connectivity index (χ3n) is 1.90. The van der Waals surface area contributed by atoms with E-state index in [4.69, 9.17) is 0 Å². The molecule has 1 radical (unpaired) electrons. The average Bonchev–Trinajstić information content (AvgIpc) is 2.23. The fraction of sp³-hybridized carbons (Fsp3) is 0. The molecule has 0 spiro atoms. The van der Waals surface area contributed by atoms with Crippen molar-refractivity contribution >= 4 is 11.8 Å². The van der Waals surface area contributed by atoms with Gasteiger partial charge >= 0.3 is 0 Å². The maximum atomic E-state index is 3.86. The van der Waals surface area contributed by atoms with Crippen molar-refractivity contribution in [3.05, 3.63) is 67.1 Å². The largest absolute Gasteiger partial charge is 0.0901 e. The van der Waals surface area contributed by atoms with E-state index in [2.05, 4.69) is 43.3 Å². The molecule has 0 heterocycles. The lowest BCUT2D eigenvalue weighted by Crippen LogP contribution is -1.74. The Morgan fingerprint density at radius 1 is 0.714 bits per heavy atom. The Morgan fingerprint density at radius 3 is 1.93 bits per heavy atom. The Balaban J connectivity index is 2.16. The summed E-state index contributed by atoms with van der Waals surface area (Å²) in [5, 5.41) is 0. The zero-order valence-corrected chi connectivity index (χ0v) is 8.63. The molecule has 2 rings (SSSR count). The van der Waals surface area contributed by atoms with Crippen molar-refractivity contribution in [3.63, 3.8) is 0 Å². The van der Waals surface area contributed by atoms with E-state index < -0.39 is 0 Å². The molecule has 1 heteroatoms. The van der Waals surface area contributed by atoms with Crippen molar-refractivity contribution in [2.75, 3.05) is 0 Å². The van der Waals surface area contributed by atoms with Gasteiger partial charge in [-0.05, 0) is 36.8 Å². The van der Waals surface area contributed by atoms with E-state index in [1.165, 1.54) is 9.79 Å². The van der Waals surface area contributed by atoms with Crippen LogP contribution in [0.4, 0.5) is 0 Å². The Kier molecular flexibility index (Phi) is 2.90. The van der Waals surface area contributed by atoms with Crippen molar-refractivity contribution in [2.24, 2.45) is 0 Å². The second-order valence-corrected chi connectivity index (χ2v) is 4.21. The highest BCUT2D eigenvalue weighted by Gasteiger charge is 1.94. The summed E-state index contributed by atoms with van der Waals surface area (Å²) in [5.74, 6) is 0. The van der Waals surface area contributed by atoms with Gasteiger partial charge < -0.3 is 0 Å². The maximum Gasteiger partial charge on any atom is 0.0122 e. The van der Waals surface area contributed by atoms with Crippen LogP contribution in [0.2, 0.25) is 0 Å². The molecule has 0 fully saturated rings. The highest BCUT2D eigenvalue weighted by molar-refractivity contribution is 7.99. The summed E-state index contributed by atoms with van der Waals surface area (Å²) in [7, 11) is 0. The molecule has 2 aromatic rings. The Morgan fingerprint density at radius 2 is 1.29 bits per heavy atom. The molecule has 0 bridgehead atoms. The summed E-state index contributed by atoms with van der Waals surface area (Å²) >= 11 is 1.77. The van der Waals surface area contributed by atoms with Crippen LogP contribution in [0.3, 0.4) is 0 Å². The van der Waals surface area contributed by atoms with E-state index >= 15 is 0 Å². The van der Waals surface area contributed by atoms with Crippen LogP contribution in [-0.4, -0.2) is 0 Å². The molecule has 0 atom stereocenters. The molecule has 0 amide bonds. The van der Waals surface area contributed by atoms with Gasteiger partial charge in [0.2, 0.25) is 0 Å². The lowest BCUT2D eigenvalue weighted by Gasteiger charge is -2.01. The van der Waals surface area contributed by atoms with Gasteiger partial charge in [0.15, 0.2) is 0 Å². The number of hydrogen-bond donors (Lipinski definition) is 0. The average molecular weight is 199 g/mol. The van der Waals surface area contributed by atoms with Crippen molar-refractivity contribution < 1.29 is 0 Å². The Labute approximate surface area is 89.0 Å². The zero-order chi connectivity index (χ0) is 9.80. The molecule has 0 aliphatic carbocycles.